The summed E-state index contributed by atoms with van der Waals surface area (Å²) in [6, 6.07) is -0.715. The Balaban J connectivity index is 2.42. The maximum Gasteiger partial charge on any atom is 0.321 e. The van der Waals surface area contributed by atoms with Crippen LogP contribution in [0.5, 0.6) is 0 Å². The second-order valence-electron chi connectivity index (χ2n) is 3.42. The van der Waals surface area contributed by atoms with Crippen molar-refractivity contribution in [1.29, 1.82) is 0 Å². The minimum atomic E-state index is -0.899. The Kier molecular flexibility index (Phi) is 2.69. The van der Waals surface area contributed by atoms with Gasteiger partial charge in [-0.3, -0.25) is 4.79 Å². The van der Waals surface area contributed by atoms with Gasteiger partial charge in [0.2, 0.25) is 0 Å². The molecule has 0 aromatic carbocycles. The molecular formula is C8H15NO3. The van der Waals surface area contributed by atoms with Crippen LogP contribution in [0.1, 0.15) is 19.3 Å². The largest absolute Gasteiger partial charge is 0.480 e. The molecule has 1 saturated carbocycles. The third kappa shape index (κ3) is 1.76. The smallest absolute Gasteiger partial charge is 0.321 e. The normalized spacial score (nSPS) is 21.8. The summed E-state index contributed by atoms with van der Waals surface area (Å²) in [6.45, 7) is 0.598. The van der Waals surface area contributed by atoms with E-state index in [0.717, 1.165) is 19.3 Å². The maximum absolute atomic E-state index is 10.6. The zero-order valence-electron chi connectivity index (χ0n) is 7.25. The summed E-state index contributed by atoms with van der Waals surface area (Å²) in [5.41, 5.74) is 5.38. The van der Waals surface area contributed by atoms with E-state index in [-0.39, 0.29) is 5.41 Å². The third-order valence-electron chi connectivity index (χ3n) is 2.62. The summed E-state index contributed by atoms with van der Waals surface area (Å²) in [7, 11) is 1.61. The highest BCUT2D eigenvalue weighted by Crippen LogP contribution is 2.51. The number of carboxylic acids is 1. The Morgan fingerprint density at radius 3 is 2.67 bits per heavy atom. The fourth-order valence-corrected chi connectivity index (χ4v) is 1.44. The van der Waals surface area contributed by atoms with E-state index >= 15 is 0 Å². The minimum Gasteiger partial charge on any atom is -0.480 e. The summed E-state index contributed by atoms with van der Waals surface area (Å²) in [4.78, 5) is 10.6. The highest BCUT2D eigenvalue weighted by molar-refractivity contribution is 5.75. The lowest BCUT2D eigenvalue weighted by atomic mass is 9.94. The van der Waals surface area contributed by atoms with Gasteiger partial charge in [-0.05, 0) is 24.7 Å². The molecule has 1 fully saturated rings. The molecule has 1 rings (SSSR count). The fraction of sp³-hybridized carbons (Fsp3) is 0.875. The van der Waals surface area contributed by atoms with Crippen molar-refractivity contribution in [3.8, 4) is 0 Å². The van der Waals surface area contributed by atoms with Crippen LogP contribution >= 0.6 is 0 Å². The Morgan fingerprint density at radius 1 is 1.75 bits per heavy atom. The van der Waals surface area contributed by atoms with Gasteiger partial charge in [0, 0.05) is 13.7 Å². The van der Waals surface area contributed by atoms with Crippen molar-refractivity contribution in [3.05, 3.63) is 0 Å². The van der Waals surface area contributed by atoms with Gasteiger partial charge in [-0.25, -0.2) is 0 Å². The molecule has 70 valence electrons. The number of aliphatic carboxylic acids is 1. The number of ether oxygens (including phenoxy) is 1. The average molecular weight is 173 g/mol. The van der Waals surface area contributed by atoms with Gasteiger partial charge in [0.25, 0.3) is 0 Å². The number of methoxy groups -OCH3 is 1. The minimum absolute atomic E-state index is 0.165. The summed E-state index contributed by atoms with van der Waals surface area (Å²) in [5, 5.41) is 8.69. The molecule has 1 aliphatic rings. The third-order valence-corrected chi connectivity index (χ3v) is 2.62. The van der Waals surface area contributed by atoms with Crippen molar-refractivity contribution in [3.63, 3.8) is 0 Å². The zero-order chi connectivity index (χ0) is 9.19. The molecule has 0 saturated heterocycles. The van der Waals surface area contributed by atoms with Gasteiger partial charge in [0.15, 0.2) is 0 Å². The monoisotopic (exact) mass is 173 g/mol. The van der Waals surface area contributed by atoms with Crippen molar-refractivity contribution < 1.29 is 14.6 Å². The van der Waals surface area contributed by atoms with E-state index in [0.29, 0.717) is 6.61 Å². The molecule has 0 amide bonds. The first-order chi connectivity index (χ1) is 5.62. The molecule has 0 spiro atoms. The molecule has 3 N–H and O–H groups in total. The van der Waals surface area contributed by atoms with Gasteiger partial charge in [-0.2, -0.15) is 0 Å². The van der Waals surface area contributed by atoms with Crippen LogP contribution in [0.15, 0.2) is 0 Å². The number of carbonyl (C=O) groups is 1. The van der Waals surface area contributed by atoms with Crippen molar-refractivity contribution >= 4 is 5.97 Å². The quantitative estimate of drug-likeness (QED) is 0.623. The van der Waals surface area contributed by atoms with E-state index in [2.05, 4.69) is 0 Å². The van der Waals surface area contributed by atoms with Crippen molar-refractivity contribution in [2.75, 3.05) is 13.7 Å². The SMILES string of the molecule is COCCC1(C(N)C(=O)O)CC1. The number of hydrogen-bond acceptors (Lipinski definition) is 3. The van der Waals surface area contributed by atoms with Crippen LogP contribution in [-0.4, -0.2) is 30.8 Å². The Bertz CT molecular complexity index is 177. The lowest BCUT2D eigenvalue weighted by Crippen LogP contribution is -2.39. The van der Waals surface area contributed by atoms with E-state index in [4.69, 9.17) is 15.6 Å². The van der Waals surface area contributed by atoms with Gasteiger partial charge in [0.05, 0.1) is 0 Å². The number of hydrogen-bond donors (Lipinski definition) is 2. The Morgan fingerprint density at radius 2 is 2.33 bits per heavy atom. The molecule has 4 heteroatoms. The first-order valence-electron chi connectivity index (χ1n) is 4.10. The van der Waals surface area contributed by atoms with Gasteiger partial charge >= 0.3 is 5.97 Å². The molecule has 1 aliphatic carbocycles. The van der Waals surface area contributed by atoms with Crippen molar-refractivity contribution in [2.45, 2.75) is 25.3 Å². The lowest BCUT2D eigenvalue weighted by molar-refractivity contribution is -0.140. The molecule has 4 nitrogen and oxygen atoms in total. The standard InChI is InChI=1S/C8H15NO3/c1-12-5-4-8(2-3-8)6(9)7(10)11/h6H,2-5,9H2,1H3,(H,10,11). The number of carboxylic acid groups (broad SMARTS) is 1. The van der Waals surface area contributed by atoms with Gasteiger partial charge in [-0.15, -0.1) is 0 Å². The first kappa shape index (κ1) is 9.48. The molecule has 1 atom stereocenters. The van der Waals surface area contributed by atoms with Gasteiger partial charge in [0.1, 0.15) is 6.04 Å². The second kappa shape index (κ2) is 3.41. The van der Waals surface area contributed by atoms with E-state index in [1.807, 2.05) is 0 Å². The van der Waals surface area contributed by atoms with E-state index < -0.39 is 12.0 Å². The van der Waals surface area contributed by atoms with Crippen LogP contribution in [0.3, 0.4) is 0 Å². The van der Waals surface area contributed by atoms with Crippen LogP contribution in [0, 0.1) is 5.41 Å². The molecule has 0 aromatic rings. The van der Waals surface area contributed by atoms with Crippen LogP contribution in [0.4, 0.5) is 0 Å². The Hall–Kier alpha value is -0.610. The van der Waals surface area contributed by atoms with Gasteiger partial charge in [-0.1, -0.05) is 0 Å². The highest BCUT2D eigenvalue weighted by atomic mass is 16.5. The molecular weight excluding hydrogens is 158 g/mol. The summed E-state index contributed by atoms with van der Waals surface area (Å²) in [6.07, 6.45) is 2.60. The molecule has 1 unspecified atom stereocenters. The van der Waals surface area contributed by atoms with Crippen LogP contribution in [-0.2, 0) is 9.53 Å². The first-order valence-corrected chi connectivity index (χ1v) is 4.10. The zero-order valence-corrected chi connectivity index (χ0v) is 7.25. The molecule has 12 heavy (non-hydrogen) atoms. The molecule has 0 radical (unpaired) electrons. The van der Waals surface area contributed by atoms with Gasteiger partial charge < -0.3 is 15.6 Å². The summed E-state index contributed by atoms with van der Waals surface area (Å²) in [5.74, 6) is -0.899. The molecule has 0 bridgehead atoms. The average Bonchev–Trinajstić information content (AvgIpc) is 2.80. The maximum atomic E-state index is 10.6. The predicted octanol–water partition coefficient (Wildman–Crippen LogP) is 0.215. The Labute approximate surface area is 71.7 Å². The van der Waals surface area contributed by atoms with Crippen LogP contribution in [0.25, 0.3) is 0 Å². The van der Waals surface area contributed by atoms with Crippen LogP contribution in [0.2, 0.25) is 0 Å². The second-order valence-corrected chi connectivity index (χ2v) is 3.42. The van der Waals surface area contributed by atoms with E-state index in [9.17, 15) is 4.79 Å². The number of rotatable bonds is 5. The molecule has 0 heterocycles. The fourth-order valence-electron chi connectivity index (χ4n) is 1.44. The van der Waals surface area contributed by atoms with Crippen LogP contribution < -0.4 is 5.73 Å². The summed E-state index contributed by atoms with van der Waals surface area (Å²) < 4.78 is 4.90. The van der Waals surface area contributed by atoms with E-state index in [1.54, 1.807) is 7.11 Å². The van der Waals surface area contributed by atoms with Crippen molar-refractivity contribution in [2.24, 2.45) is 11.1 Å². The lowest BCUT2D eigenvalue weighted by Gasteiger charge is -2.18. The molecule has 0 aromatic heterocycles. The topological polar surface area (TPSA) is 72.5 Å². The summed E-state index contributed by atoms with van der Waals surface area (Å²) >= 11 is 0. The van der Waals surface area contributed by atoms with E-state index in [1.165, 1.54) is 0 Å². The van der Waals surface area contributed by atoms with Crippen molar-refractivity contribution in [1.82, 2.24) is 0 Å². The predicted molar refractivity (Wildman–Crippen MR) is 43.8 cm³/mol. The number of nitrogens with two attached hydrogens (primary N) is 1. The molecule has 0 aliphatic heterocycles. The highest BCUT2D eigenvalue weighted by Gasteiger charge is 2.50.